The van der Waals surface area contributed by atoms with Gasteiger partial charge >= 0.3 is 0 Å². The maximum atomic E-state index is 5.90. The normalized spacial score (nSPS) is 27.9. The van der Waals surface area contributed by atoms with Crippen molar-refractivity contribution in [2.75, 3.05) is 11.9 Å². The quantitative estimate of drug-likeness (QED) is 0.888. The molecule has 2 saturated carbocycles. The Morgan fingerprint density at radius 1 is 1.47 bits per heavy atom. The van der Waals surface area contributed by atoms with E-state index in [4.69, 9.17) is 4.74 Å². The molecule has 2 aliphatic rings. The third-order valence-corrected chi connectivity index (χ3v) is 5.01. The fourth-order valence-corrected chi connectivity index (χ4v) is 3.74. The Labute approximate surface area is 115 Å². The van der Waals surface area contributed by atoms with E-state index >= 15 is 0 Å². The van der Waals surface area contributed by atoms with Crippen LogP contribution in [0, 0.1) is 5.41 Å². The second-order valence-corrected chi connectivity index (χ2v) is 5.98. The number of nitrogens with zero attached hydrogens (tertiary/aromatic N) is 2. The molecule has 2 atom stereocenters. The number of hydrogen-bond donors (Lipinski definition) is 1. The SMILES string of the molecule is CCOC1CC(Nc2cn(C)nc2CC)C12CCC2. The Morgan fingerprint density at radius 2 is 2.26 bits per heavy atom. The second kappa shape index (κ2) is 4.82. The van der Waals surface area contributed by atoms with Gasteiger partial charge in [0.1, 0.15) is 0 Å². The molecule has 19 heavy (non-hydrogen) atoms. The van der Waals surface area contributed by atoms with Crippen LogP contribution in [0.2, 0.25) is 0 Å². The van der Waals surface area contributed by atoms with Crippen molar-refractivity contribution in [2.24, 2.45) is 12.5 Å². The predicted octanol–water partition coefficient (Wildman–Crippen LogP) is 2.74. The van der Waals surface area contributed by atoms with E-state index in [-0.39, 0.29) is 0 Å². The fraction of sp³-hybridized carbons (Fsp3) is 0.800. The molecule has 2 unspecified atom stereocenters. The zero-order chi connectivity index (χ0) is 13.5. The molecule has 2 fully saturated rings. The largest absolute Gasteiger partial charge is 0.379 e. The minimum Gasteiger partial charge on any atom is -0.379 e. The number of ether oxygens (including phenoxy) is 1. The average molecular weight is 263 g/mol. The highest BCUT2D eigenvalue weighted by Crippen LogP contribution is 2.58. The van der Waals surface area contributed by atoms with Crippen molar-refractivity contribution in [3.05, 3.63) is 11.9 Å². The van der Waals surface area contributed by atoms with E-state index in [2.05, 4.69) is 30.5 Å². The summed E-state index contributed by atoms with van der Waals surface area (Å²) in [6.07, 6.45) is 8.71. The van der Waals surface area contributed by atoms with Crippen molar-refractivity contribution in [1.82, 2.24) is 9.78 Å². The van der Waals surface area contributed by atoms with Crippen LogP contribution in [0.25, 0.3) is 0 Å². The Morgan fingerprint density at radius 3 is 2.84 bits per heavy atom. The molecule has 1 N–H and O–H groups in total. The summed E-state index contributed by atoms with van der Waals surface area (Å²) < 4.78 is 7.81. The molecular weight excluding hydrogens is 238 g/mol. The van der Waals surface area contributed by atoms with Gasteiger partial charge in [-0.05, 0) is 32.6 Å². The van der Waals surface area contributed by atoms with Crippen LogP contribution in [0.4, 0.5) is 5.69 Å². The van der Waals surface area contributed by atoms with Crippen molar-refractivity contribution < 1.29 is 4.74 Å². The van der Waals surface area contributed by atoms with Gasteiger partial charge in [0.2, 0.25) is 0 Å². The monoisotopic (exact) mass is 263 g/mol. The smallest absolute Gasteiger partial charge is 0.0853 e. The lowest BCUT2D eigenvalue weighted by atomic mass is 9.51. The first-order chi connectivity index (χ1) is 9.19. The maximum Gasteiger partial charge on any atom is 0.0853 e. The van der Waals surface area contributed by atoms with Gasteiger partial charge in [-0.15, -0.1) is 0 Å². The topological polar surface area (TPSA) is 39.1 Å². The van der Waals surface area contributed by atoms with Crippen LogP contribution in [-0.2, 0) is 18.2 Å². The van der Waals surface area contributed by atoms with Gasteiger partial charge in [-0.3, -0.25) is 4.68 Å². The summed E-state index contributed by atoms with van der Waals surface area (Å²) in [6.45, 7) is 5.10. The van der Waals surface area contributed by atoms with Crippen molar-refractivity contribution in [3.63, 3.8) is 0 Å². The Hall–Kier alpha value is -1.03. The number of hydrogen-bond acceptors (Lipinski definition) is 3. The molecule has 4 nitrogen and oxygen atoms in total. The van der Waals surface area contributed by atoms with Gasteiger partial charge < -0.3 is 10.1 Å². The van der Waals surface area contributed by atoms with Gasteiger partial charge in [-0.25, -0.2) is 0 Å². The first-order valence-corrected chi connectivity index (χ1v) is 7.60. The van der Waals surface area contributed by atoms with Crippen molar-refractivity contribution in [2.45, 2.75) is 58.1 Å². The number of rotatable bonds is 5. The Balaban J connectivity index is 1.70. The van der Waals surface area contributed by atoms with E-state index in [9.17, 15) is 0 Å². The lowest BCUT2D eigenvalue weighted by molar-refractivity contribution is -0.157. The third kappa shape index (κ3) is 1.97. The highest BCUT2D eigenvalue weighted by atomic mass is 16.5. The first-order valence-electron chi connectivity index (χ1n) is 7.60. The van der Waals surface area contributed by atoms with Crippen molar-refractivity contribution in [3.8, 4) is 0 Å². The van der Waals surface area contributed by atoms with Crippen molar-refractivity contribution in [1.29, 1.82) is 0 Å². The first kappa shape index (κ1) is 13.0. The third-order valence-electron chi connectivity index (χ3n) is 5.01. The highest BCUT2D eigenvalue weighted by molar-refractivity contribution is 5.49. The lowest BCUT2D eigenvalue weighted by Crippen LogP contribution is -2.64. The molecule has 0 bridgehead atoms. The van der Waals surface area contributed by atoms with E-state index in [0.29, 0.717) is 17.6 Å². The molecule has 106 valence electrons. The molecule has 1 aromatic rings. The molecule has 0 aliphatic heterocycles. The molecular formula is C15H25N3O. The summed E-state index contributed by atoms with van der Waals surface area (Å²) in [4.78, 5) is 0. The molecule has 2 aliphatic carbocycles. The van der Waals surface area contributed by atoms with Gasteiger partial charge in [-0.1, -0.05) is 13.3 Å². The highest BCUT2D eigenvalue weighted by Gasteiger charge is 2.59. The van der Waals surface area contributed by atoms with Gasteiger partial charge in [0.25, 0.3) is 0 Å². The standard InChI is InChI=1S/C15H25N3O/c1-4-11-12(10-18(3)17-11)16-13-9-14(19-5-2)15(13)7-6-8-15/h10,13-14,16H,4-9H2,1-3H3. The minimum absolute atomic E-state index is 0.414. The summed E-state index contributed by atoms with van der Waals surface area (Å²) >= 11 is 0. The number of aromatic nitrogens is 2. The number of anilines is 1. The molecule has 3 rings (SSSR count). The van der Waals surface area contributed by atoms with Crippen molar-refractivity contribution >= 4 is 5.69 Å². The Bertz CT molecular complexity index is 450. The maximum absolute atomic E-state index is 5.90. The zero-order valence-corrected chi connectivity index (χ0v) is 12.3. The van der Waals surface area contributed by atoms with Crippen LogP contribution in [0.5, 0.6) is 0 Å². The average Bonchev–Trinajstić information content (AvgIpc) is 2.66. The fourth-order valence-electron chi connectivity index (χ4n) is 3.74. The van der Waals surface area contributed by atoms with E-state index in [1.807, 2.05) is 11.7 Å². The summed E-state index contributed by atoms with van der Waals surface area (Å²) in [5.74, 6) is 0. The molecule has 0 saturated heterocycles. The van der Waals surface area contributed by atoms with Gasteiger partial charge in [0, 0.05) is 31.3 Å². The number of nitrogens with one attached hydrogen (secondary N) is 1. The van der Waals surface area contributed by atoms with E-state index in [1.165, 1.54) is 30.6 Å². The van der Waals surface area contributed by atoms with E-state index in [1.54, 1.807) is 0 Å². The molecule has 4 heteroatoms. The van der Waals surface area contributed by atoms with Crippen LogP contribution in [-0.4, -0.2) is 28.5 Å². The summed E-state index contributed by atoms with van der Waals surface area (Å²) in [5.41, 5.74) is 2.81. The van der Waals surface area contributed by atoms with Crippen LogP contribution in [0.15, 0.2) is 6.20 Å². The molecule has 0 amide bonds. The lowest BCUT2D eigenvalue weighted by Gasteiger charge is -2.61. The van der Waals surface area contributed by atoms with Crippen LogP contribution < -0.4 is 5.32 Å². The van der Waals surface area contributed by atoms with Crippen LogP contribution in [0.1, 0.15) is 45.2 Å². The molecule has 0 radical (unpaired) electrons. The molecule has 1 heterocycles. The second-order valence-electron chi connectivity index (χ2n) is 5.98. The van der Waals surface area contributed by atoms with Gasteiger partial charge in [0.15, 0.2) is 0 Å². The minimum atomic E-state index is 0.414. The van der Waals surface area contributed by atoms with Gasteiger partial charge in [0.05, 0.1) is 17.5 Å². The van der Waals surface area contributed by atoms with E-state index in [0.717, 1.165) is 19.4 Å². The zero-order valence-electron chi connectivity index (χ0n) is 12.3. The summed E-state index contributed by atoms with van der Waals surface area (Å²) in [7, 11) is 1.99. The van der Waals surface area contributed by atoms with Gasteiger partial charge in [-0.2, -0.15) is 5.10 Å². The summed E-state index contributed by atoms with van der Waals surface area (Å²) in [6, 6.07) is 0.576. The summed E-state index contributed by atoms with van der Waals surface area (Å²) in [5, 5.41) is 8.25. The molecule has 1 spiro atoms. The molecule has 1 aromatic heterocycles. The Kier molecular flexibility index (Phi) is 3.29. The molecule has 0 aromatic carbocycles. The van der Waals surface area contributed by atoms with E-state index < -0.39 is 0 Å². The number of aryl methyl sites for hydroxylation is 2. The van der Waals surface area contributed by atoms with Crippen LogP contribution in [0.3, 0.4) is 0 Å². The van der Waals surface area contributed by atoms with Crippen LogP contribution >= 0.6 is 0 Å². The predicted molar refractivity (Wildman–Crippen MR) is 76.3 cm³/mol.